The number of carboxylic acid groups (broad SMARTS) is 1. The number of nitrogens with zero attached hydrogens (tertiary/aromatic N) is 3. The molecule has 0 saturated carbocycles. The van der Waals surface area contributed by atoms with Crippen molar-refractivity contribution in [3.8, 4) is 5.69 Å². The van der Waals surface area contributed by atoms with Crippen molar-refractivity contribution >= 4 is 29.5 Å². The number of rotatable bonds is 4. The number of aliphatic carboxylic acids is 1. The number of nitrogens with one attached hydrogen (secondary N) is 1. The van der Waals surface area contributed by atoms with Gasteiger partial charge in [0.15, 0.2) is 0 Å². The van der Waals surface area contributed by atoms with Crippen LogP contribution in [0.2, 0.25) is 0 Å². The summed E-state index contributed by atoms with van der Waals surface area (Å²) < 4.78 is 1.69. The highest BCUT2D eigenvalue weighted by Crippen LogP contribution is 2.40. The maximum Gasteiger partial charge on any atom is 0.255 e. The van der Waals surface area contributed by atoms with Gasteiger partial charge in [0, 0.05) is 5.75 Å². The number of aryl methyl sites for hydroxylation is 1. The van der Waals surface area contributed by atoms with Crippen molar-refractivity contribution in [2.24, 2.45) is 0 Å². The molecule has 1 N–H and O–H groups in total. The molecule has 150 valence electrons. The molecule has 8 nitrogen and oxygen atoms in total. The largest absolute Gasteiger partial charge is 0.543 e. The van der Waals surface area contributed by atoms with Gasteiger partial charge in [-0.25, -0.2) is 4.68 Å². The number of β-lactam (4-membered cyclic amide) rings is 1. The first-order chi connectivity index (χ1) is 13.8. The van der Waals surface area contributed by atoms with Gasteiger partial charge in [-0.1, -0.05) is 18.2 Å². The lowest BCUT2D eigenvalue weighted by Gasteiger charge is -2.50. The van der Waals surface area contributed by atoms with Crippen LogP contribution in [0.4, 0.5) is 0 Å². The second-order valence-electron chi connectivity index (χ2n) is 7.07. The smallest absolute Gasteiger partial charge is 0.255 e. The second kappa shape index (κ2) is 7.07. The number of thioether (sulfide) groups is 1. The molecule has 3 heterocycles. The number of hydrogen-bond acceptors (Lipinski definition) is 6. The molecule has 2 aliphatic rings. The van der Waals surface area contributed by atoms with Crippen molar-refractivity contribution in [1.29, 1.82) is 0 Å². The highest BCUT2D eigenvalue weighted by molar-refractivity contribution is 8.00. The number of amides is 2. The van der Waals surface area contributed by atoms with E-state index < -0.39 is 29.2 Å². The number of benzene rings is 1. The van der Waals surface area contributed by atoms with E-state index in [2.05, 4.69) is 10.4 Å². The molecule has 1 saturated heterocycles. The van der Waals surface area contributed by atoms with Crippen LogP contribution in [0, 0.1) is 13.8 Å². The van der Waals surface area contributed by atoms with E-state index >= 15 is 0 Å². The van der Waals surface area contributed by atoms with E-state index in [9.17, 15) is 19.5 Å². The minimum atomic E-state index is -1.37. The molecule has 0 spiro atoms. The van der Waals surface area contributed by atoms with E-state index in [-0.39, 0.29) is 5.70 Å². The number of hydrogen-bond donors (Lipinski definition) is 1. The Morgan fingerprint density at radius 3 is 2.55 bits per heavy atom. The van der Waals surface area contributed by atoms with E-state index in [1.165, 1.54) is 16.7 Å². The lowest BCUT2D eigenvalue weighted by Crippen LogP contribution is -2.71. The highest BCUT2D eigenvalue weighted by atomic mass is 32.2. The van der Waals surface area contributed by atoms with Gasteiger partial charge in [0.25, 0.3) is 11.8 Å². The average molecular weight is 411 g/mol. The van der Waals surface area contributed by atoms with Crippen LogP contribution in [0.25, 0.3) is 5.69 Å². The molecule has 2 atom stereocenters. The van der Waals surface area contributed by atoms with Gasteiger partial charge in [0.05, 0.1) is 34.3 Å². The molecule has 1 fully saturated rings. The fraction of sp³-hybridized carbons (Fsp3) is 0.300. The third kappa shape index (κ3) is 3.02. The quantitative estimate of drug-likeness (QED) is 0.736. The number of carbonyl (C=O) groups is 3. The van der Waals surface area contributed by atoms with Crippen LogP contribution in [-0.4, -0.2) is 49.6 Å². The highest BCUT2D eigenvalue weighted by Gasteiger charge is 2.52. The van der Waals surface area contributed by atoms with Crippen LogP contribution in [0.15, 0.2) is 41.6 Å². The first-order valence-electron chi connectivity index (χ1n) is 9.09. The van der Waals surface area contributed by atoms with Gasteiger partial charge in [-0.05, 0) is 38.5 Å². The van der Waals surface area contributed by atoms with Gasteiger partial charge in [0.2, 0.25) is 0 Å². The first-order valence-corrected chi connectivity index (χ1v) is 10.1. The van der Waals surface area contributed by atoms with Crippen molar-refractivity contribution in [2.45, 2.75) is 32.2 Å². The Morgan fingerprint density at radius 1 is 1.21 bits per heavy atom. The molecule has 9 heteroatoms. The van der Waals surface area contributed by atoms with Gasteiger partial charge in [0.1, 0.15) is 11.4 Å². The van der Waals surface area contributed by atoms with Crippen molar-refractivity contribution in [2.75, 3.05) is 5.75 Å². The van der Waals surface area contributed by atoms with Crippen molar-refractivity contribution in [1.82, 2.24) is 20.0 Å². The number of carboxylic acids is 1. The zero-order valence-electron chi connectivity index (χ0n) is 16.1. The summed E-state index contributed by atoms with van der Waals surface area (Å²) in [6, 6.07) is 8.67. The van der Waals surface area contributed by atoms with Crippen LogP contribution >= 0.6 is 11.8 Å². The summed E-state index contributed by atoms with van der Waals surface area (Å²) in [6.45, 7) is 5.20. The van der Waals surface area contributed by atoms with Crippen LogP contribution in [0.3, 0.4) is 0 Å². The summed E-state index contributed by atoms with van der Waals surface area (Å²) in [7, 11) is 0. The molecule has 0 aliphatic carbocycles. The summed E-state index contributed by atoms with van der Waals surface area (Å²) in [4.78, 5) is 38.1. The minimum Gasteiger partial charge on any atom is -0.543 e. The predicted molar refractivity (Wildman–Crippen MR) is 105 cm³/mol. The fourth-order valence-electron chi connectivity index (χ4n) is 3.77. The molecular formula is C20H19N4O4S-. The Balaban J connectivity index is 1.57. The van der Waals surface area contributed by atoms with Crippen molar-refractivity contribution < 1.29 is 19.5 Å². The van der Waals surface area contributed by atoms with Crippen LogP contribution < -0.4 is 10.4 Å². The molecule has 0 bridgehead atoms. The van der Waals surface area contributed by atoms with Gasteiger partial charge in [-0.2, -0.15) is 5.10 Å². The molecule has 2 aromatic rings. The van der Waals surface area contributed by atoms with E-state index in [0.29, 0.717) is 28.3 Å². The second-order valence-corrected chi connectivity index (χ2v) is 8.18. The normalized spacial score (nSPS) is 20.9. The molecule has 4 rings (SSSR count). The summed E-state index contributed by atoms with van der Waals surface area (Å²) in [5.41, 5.74) is 2.95. The molecule has 1 aromatic carbocycles. The third-order valence-electron chi connectivity index (χ3n) is 5.16. The topological polar surface area (TPSA) is 107 Å². The monoisotopic (exact) mass is 411 g/mol. The maximum atomic E-state index is 12.9. The standard InChI is InChI=1S/C20H20N4O4S/c1-10-9-29-19-15(18(26)23(19)16(10)20(27)28)21-17(25)14-11(2)22-24(12(14)3)13-7-5-4-6-8-13/h4-8,15,19H,9H2,1-3H3,(H,21,25)(H,27,28)/p-1. The molecular weight excluding hydrogens is 392 g/mol. The van der Waals surface area contributed by atoms with Gasteiger partial charge in [-0.3, -0.25) is 14.5 Å². The Hall–Kier alpha value is -3.07. The Bertz CT molecular complexity index is 1060. The number of carbonyl (C=O) groups excluding carboxylic acids is 3. The Labute approximate surface area is 171 Å². The lowest BCUT2D eigenvalue weighted by atomic mass is 10.0. The zero-order valence-corrected chi connectivity index (χ0v) is 16.9. The average Bonchev–Trinajstić information content (AvgIpc) is 3.00. The summed E-state index contributed by atoms with van der Waals surface area (Å²) >= 11 is 1.42. The van der Waals surface area contributed by atoms with Gasteiger partial charge < -0.3 is 15.2 Å². The van der Waals surface area contributed by atoms with Crippen LogP contribution in [0.1, 0.15) is 28.7 Å². The van der Waals surface area contributed by atoms with E-state index in [1.807, 2.05) is 30.3 Å². The number of aromatic nitrogens is 2. The van der Waals surface area contributed by atoms with Gasteiger partial charge in [-0.15, -0.1) is 11.8 Å². The van der Waals surface area contributed by atoms with Crippen LogP contribution in [-0.2, 0) is 9.59 Å². The first kappa shape index (κ1) is 19.3. The van der Waals surface area contributed by atoms with Crippen molar-refractivity contribution in [3.05, 3.63) is 58.6 Å². The Morgan fingerprint density at radius 2 is 1.90 bits per heavy atom. The predicted octanol–water partition coefficient (Wildman–Crippen LogP) is 0.527. The maximum absolute atomic E-state index is 12.9. The minimum absolute atomic E-state index is 0.0893. The zero-order chi connectivity index (χ0) is 20.9. The molecule has 0 radical (unpaired) electrons. The van der Waals surface area contributed by atoms with Crippen LogP contribution in [0.5, 0.6) is 0 Å². The van der Waals surface area contributed by atoms with E-state index in [4.69, 9.17) is 0 Å². The van der Waals surface area contributed by atoms with Gasteiger partial charge >= 0.3 is 0 Å². The molecule has 2 unspecified atom stereocenters. The third-order valence-corrected chi connectivity index (χ3v) is 6.58. The summed E-state index contributed by atoms with van der Waals surface area (Å²) in [6.07, 6.45) is 0. The molecule has 2 amide bonds. The SMILES string of the molecule is CC1=C(C(=O)[O-])N2C(=O)C(NC(=O)c3c(C)nn(-c4ccccc4)c3C)C2SC1. The van der Waals surface area contributed by atoms with Crippen molar-refractivity contribution in [3.63, 3.8) is 0 Å². The Kier molecular flexibility index (Phi) is 4.70. The molecule has 1 aromatic heterocycles. The fourth-order valence-corrected chi connectivity index (χ4v) is 5.06. The summed E-state index contributed by atoms with van der Waals surface area (Å²) in [5.74, 6) is -1.75. The molecule has 2 aliphatic heterocycles. The van der Waals surface area contributed by atoms with E-state index in [1.54, 1.807) is 25.5 Å². The number of para-hydroxylation sites is 1. The van der Waals surface area contributed by atoms with E-state index in [0.717, 1.165) is 5.69 Å². The lowest BCUT2D eigenvalue weighted by molar-refractivity contribution is -0.301. The summed E-state index contributed by atoms with van der Waals surface area (Å²) in [5, 5.41) is 18.2. The number of fused-ring (bicyclic) bond motifs is 1. The molecule has 29 heavy (non-hydrogen) atoms.